The number of carbonyl (C=O) groups is 1. The summed E-state index contributed by atoms with van der Waals surface area (Å²) in [6.45, 7) is 1.08. The summed E-state index contributed by atoms with van der Waals surface area (Å²) in [5.74, 6) is -0.446. The quantitative estimate of drug-likeness (QED) is 0.786. The minimum atomic E-state index is -0.232. The second-order valence-corrected chi connectivity index (χ2v) is 4.11. The molecule has 0 bridgehead atoms. The van der Waals surface area contributed by atoms with Gasteiger partial charge < -0.3 is 10.0 Å². The van der Waals surface area contributed by atoms with Gasteiger partial charge in [-0.1, -0.05) is 0 Å². The molecular weight excluding hydrogens is 218 g/mol. The van der Waals surface area contributed by atoms with E-state index in [9.17, 15) is 9.90 Å². The molecule has 1 N–H and O–H groups in total. The number of pyridine rings is 1. The van der Waals surface area contributed by atoms with Gasteiger partial charge in [0.1, 0.15) is 5.75 Å². The Morgan fingerprint density at radius 2 is 2.47 bits per heavy atom. The van der Waals surface area contributed by atoms with Gasteiger partial charge in [0.2, 0.25) is 0 Å². The van der Waals surface area contributed by atoms with Gasteiger partial charge in [-0.15, -0.1) is 0 Å². The number of likely N-dealkylation sites (tertiary alicyclic amines) is 1. The van der Waals surface area contributed by atoms with Gasteiger partial charge in [-0.2, -0.15) is 5.26 Å². The van der Waals surface area contributed by atoms with Crippen LogP contribution in [0.15, 0.2) is 18.5 Å². The van der Waals surface area contributed by atoms with Crippen molar-refractivity contribution in [1.82, 2.24) is 9.88 Å². The van der Waals surface area contributed by atoms with E-state index in [1.807, 2.05) is 0 Å². The Morgan fingerprint density at radius 1 is 1.65 bits per heavy atom. The Kier molecular flexibility index (Phi) is 3.24. The van der Waals surface area contributed by atoms with E-state index in [0.717, 1.165) is 12.8 Å². The molecule has 1 amide bonds. The van der Waals surface area contributed by atoms with Crippen molar-refractivity contribution >= 4 is 5.91 Å². The summed E-state index contributed by atoms with van der Waals surface area (Å²) in [5, 5.41) is 18.4. The molecular formula is C12H13N3O2. The predicted octanol–water partition coefficient (Wildman–Crippen LogP) is 1.16. The standard InChI is InChI=1S/C12H13N3O2/c13-6-9-2-1-5-15(8-9)12(17)10-3-4-14-7-11(10)16/h3-4,7,9,16H,1-2,5,8H2. The van der Waals surface area contributed by atoms with Crippen molar-refractivity contribution in [3.05, 3.63) is 24.0 Å². The molecule has 0 saturated carbocycles. The maximum atomic E-state index is 12.1. The van der Waals surface area contributed by atoms with Gasteiger partial charge in [0.05, 0.1) is 23.7 Å². The van der Waals surface area contributed by atoms with Crippen molar-refractivity contribution < 1.29 is 9.90 Å². The van der Waals surface area contributed by atoms with E-state index in [1.165, 1.54) is 18.5 Å². The van der Waals surface area contributed by atoms with E-state index in [4.69, 9.17) is 5.26 Å². The molecule has 17 heavy (non-hydrogen) atoms. The molecule has 1 aliphatic heterocycles. The number of hydrogen-bond acceptors (Lipinski definition) is 4. The Hall–Kier alpha value is -2.09. The monoisotopic (exact) mass is 231 g/mol. The number of piperidine rings is 1. The average molecular weight is 231 g/mol. The highest BCUT2D eigenvalue weighted by Crippen LogP contribution is 2.21. The first-order valence-corrected chi connectivity index (χ1v) is 5.54. The number of nitriles is 1. The van der Waals surface area contributed by atoms with E-state index >= 15 is 0 Å². The Labute approximate surface area is 99.3 Å². The summed E-state index contributed by atoms with van der Waals surface area (Å²) in [6.07, 6.45) is 4.38. The first-order valence-electron chi connectivity index (χ1n) is 5.54. The second-order valence-electron chi connectivity index (χ2n) is 4.11. The highest BCUT2D eigenvalue weighted by molar-refractivity contribution is 5.96. The molecule has 0 radical (unpaired) electrons. The number of rotatable bonds is 1. The Balaban J connectivity index is 2.16. The molecule has 1 unspecified atom stereocenters. The van der Waals surface area contributed by atoms with Crippen LogP contribution in [0, 0.1) is 17.2 Å². The fraction of sp³-hybridized carbons (Fsp3) is 0.417. The van der Waals surface area contributed by atoms with Crippen molar-refractivity contribution in [1.29, 1.82) is 5.26 Å². The zero-order chi connectivity index (χ0) is 12.3. The molecule has 0 spiro atoms. The second kappa shape index (κ2) is 4.83. The van der Waals surface area contributed by atoms with Crippen LogP contribution in [0.5, 0.6) is 5.75 Å². The highest BCUT2D eigenvalue weighted by Gasteiger charge is 2.25. The van der Waals surface area contributed by atoms with Gasteiger partial charge in [0, 0.05) is 19.3 Å². The molecule has 1 aliphatic rings. The van der Waals surface area contributed by atoms with Crippen LogP contribution in [-0.4, -0.2) is 34.0 Å². The van der Waals surface area contributed by atoms with Crippen molar-refractivity contribution in [3.8, 4) is 11.8 Å². The van der Waals surface area contributed by atoms with Gasteiger partial charge in [0.25, 0.3) is 5.91 Å². The molecule has 1 fully saturated rings. The van der Waals surface area contributed by atoms with Crippen LogP contribution in [0.3, 0.4) is 0 Å². The van der Waals surface area contributed by atoms with Gasteiger partial charge in [0.15, 0.2) is 0 Å². The highest BCUT2D eigenvalue weighted by atomic mass is 16.3. The van der Waals surface area contributed by atoms with E-state index in [2.05, 4.69) is 11.1 Å². The van der Waals surface area contributed by atoms with Crippen LogP contribution >= 0.6 is 0 Å². The molecule has 1 atom stereocenters. The van der Waals surface area contributed by atoms with Crippen LogP contribution in [0.1, 0.15) is 23.2 Å². The molecule has 5 heteroatoms. The van der Waals surface area contributed by atoms with Crippen molar-refractivity contribution in [2.24, 2.45) is 5.92 Å². The molecule has 0 aromatic carbocycles. The van der Waals surface area contributed by atoms with Crippen molar-refractivity contribution in [2.75, 3.05) is 13.1 Å². The third kappa shape index (κ3) is 2.36. The fourth-order valence-corrected chi connectivity index (χ4v) is 2.00. The lowest BCUT2D eigenvalue weighted by atomic mass is 9.99. The zero-order valence-corrected chi connectivity index (χ0v) is 9.33. The van der Waals surface area contributed by atoms with Crippen LogP contribution in [0.4, 0.5) is 0 Å². The van der Waals surface area contributed by atoms with Gasteiger partial charge >= 0.3 is 0 Å². The summed E-state index contributed by atoms with van der Waals surface area (Å²) in [4.78, 5) is 17.5. The van der Waals surface area contributed by atoms with E-state index in [0.29, 0.717) is 13.1 Å². The largest absolute Gasteiger partial charge is 0.505 e. The summed E-state index contributed by atoms with van der Waals surface area (Å²) in [6, 6.07) is 3.68. The third-order valence-electron chi connectivity index (χ3n) is 2.92. The van der Waals surface area contributed by atoms with Crippen molar-refractivity contribution in [2.45, 2.75) is 12.8 Å². The molecule has 2 heterocycles. The van der Waals surface area contributed by atoms with Gasteiger partial charge in [-0.25, -0.2) is 0 Å². The number of aromatic nitrogens is 1. The topological polar surface area (TPSA) is 77.2 Å². The molecule has 1 aromatic heterocycles. The number of nitrogens with zero attached hydrogens (tertiary/aromatic N) is 3. The van der Waals surface area contributed by atoms with Crippen LogP contribution in [0.2, 0.25) is 0 Å². The van der Waals surface area contributed by atoms with Crippen LogP contribution < -0.4 is 0 Å². The Morgan fingerprint density at radius 3 is 3.18 bits per heavy atom. The molecule has 1 aromatic rings. The molecule has 0 aliphatic carbocycles. The minimum absolute atomic E-state index is 0.100. The zero-order valence-electron chi connectivity index (χ0n) is 9.33. The number of hydrogen-bond donors (Lipinski definition) is 1. The summed E-state index contributed by atoms with van der Waals surface area (Å²) < 4.78 is 0. The van der Waals surface area contributed by atoms with E-state index < -0.39 is 0 Å². The average Bonchev–Trinajstić information content (AvgIpc) is 2.38. The minimum Gasteiger partial charge on any atom is -0.505 e. The van der Waals surface area contributed by atoms with Crippen LogP contribution in [-0.2, 0) is 0 Å². The SMILES string of the molecule is N#CC1CCCN(C(=O)c2ccncc2O)C1. The van der Waals surface area contributed by atoms with Gasteiger partial charge in [-0.3, -0.25) is 9.78 Å². The smallest absolute Gasteiger partial charge is 0.257 e. The van der Waals surface area contributed by atoms with Gasteiger partial charge in [-0.05, 0) is 18.9 Å². The number of aromatic hydroxyl groups is 1. The summed E-state index contributed by atoms with van der Waals surface area (Å²) >= 11 is 0. The maximum Gasteiger partial charge on any atom is 0.257 e. The molecule has 88 valence electrons. The Bertz CT molecular complexity index is 467. The van der Waals surface area contributed by atoms with Crippen LogP contribution in [0.25, 0.3) is 0 Å². The predicted molar refractivity (Wildman–Crippen MR) is 60.1 cm³/mol. The summed E-state index contributed by atoms with van der Waals surface area (Å²) in [7, 11) is 0. The number of amides is 1. The third-order valence-corrected chi connectivity index (χ3v) is 2.92. The summed E-state index contributed by atoms with van der Waals surface area (Å²) in [5.41, 5.74) is 0.249. The maximum absolute atomic E-state index is 12.1. The number of carbonyl (C=O) groups excluding carboxylic acids is 1. The lowest BCUT2D eigenvalue weighted by Crippen LogP contribution is -2.39. The first kappa shape index (κ1) is 11.4. The van der Waals surface area contributed by atoms with E-state index in [-0.39, 0.29) is 23.1 Å². The molecule has 5 nitrogen and oxygen atoms in total. The first-order chi connectivity index (χ1) is 8.22. The van der Waals surface area contributed by atoms with Crippen molar-refractivity contribution in [3.63, 3.8) is 0 Å². The lowest BCUT2D eigenvalue weighted by Gasteiger charge is -2.29. The fourth-order valence-electron chi connectivity index (χ4n) is 2.00. The normalized spacial score (nSPS) is 19.7. The lowest BCUT2D eigenvalue weighted by molar-refractivity contribution is 0.0695. The molecule has 1 saturated heterocycles. The van der Waals surface area contributed by atoms with E-state index in [1.54, 1.807) is 4.90 Å². The molecule has 2 rings (SSSR count).